The predicted octanol–water partition coefficient (Wildman–Crippen LogP) is 4.14. The van der Waals surface area contributed by atoms with E-state index in [1.165, 1.54) is 23.6 Å². The van der Waals surface area contributed by atoms with E-state index in [1.54, 1.807) is 42.5 Å². The molecular weight excluding hydrogens is 454 g/mol. The van der Waals surface area contributed by atoms with Gasteiger partial charge in [-0.25, -0.2) is 5.43 Å². The molecule has 3 rings (SSSR count). The van der Waals surface area contributed by atoms with Crippen LogP contribution in [0, 0.1) is 0 Å². The van der Waals surface area contributed by atoms with E-state index in [1.807, 2.05) is 23.6 Å². The highest BCUT2D eigenvalue weighted by molar-refractivity contribution is 9.10. The van der Waals surface area contributed by atoms with Gasteiger partial charge in [0.1, 0.15) is 11.4 Å². The van der Waals surface area contributed by atoms with Crippen LogP contribution in [0.5, 0.6) is 5.75 Å². The lowest BCUT2D eigenvalue weighted by Crippen LogP contribution is -2.32. The van der Waals surface area contributed by atoms with Crippen molar-refractivity contribution in [2.45, 2.75) is 0 Å². The largest absolute Gasteiger partial charge is 0.507 e. The van der Waals surface area contributed by atoms with Gasteiger partial charge in [0.2, 0.25) is 0 Å². The Labute approximate surface area is 179 Å². The second kappa shape index (κ2) is 9.81. The molecule has 0 aliphatic carbocycles. The predicted molar refractivity (Wildman–Crippen MR) is 118 cm³/mol. The second-order valence-corrected chi connectivity index (χ2v) is 7.64. The second-order valence-electron chi connectivity index (χ2n) is 5.80. The number of halogens is 1. The van der Waals surface area contributed by atoms with E-state index in [9.17, 15) is 14.7 Å². The van der Waals surface area contributed by atoms with Crippen LogP contribution in [0.2, 0.25) is 0 Å². The van der Waals surface area contributed by atoms with E-state index >= 15 is 0 Å². The van der Waals surface area contributed by atoms with Crippen molar-refractivity contribution in [1.82, 2.24) is 10.7 Å². The Hall–Kier alpha value is -3.23. The van der Waals surface area contributed by atoms with Gasteiger partial charge in [-0.15, -0.1) is 11.3 Å². The van der Waals surface area contributed by atoms with Crippen LogP contribution in [0.3, 0.4) is 0 Å². The van der Waals surface area contributed by atoms with Gasteiger partial charge in [-0.3, -0.25) is 9.59 Å². The molecular formula is C21H16BrN3O3S. The molecule has 8 heteroatoms. The molecule has 2 amide bonds. The van der Waals surface area contributed by atoms with Gasteiger partial charge in [-0.1, -0.05) is 24.3 Å². The monoisotopic (exact) mass is 469 g/mol. The summed E-state index contributed by atoms with van der Waals surface area (Å²) in [6.07, 6.45) is 3.03. The number of phenols is 1. The standard InChI is InChI=1S/C21H16BrN3O3S/c22-17-11-14(8-9-19(17)26)13-23-25-21(28)18(12-16-7-4-10-29-16)24-20(27)15-5-2-1-3-6-15/h1-13,26H,(H,24,27)(H,25,28). The topological polar surface area (TPSA) is 90.8 Å². The summed E-state index contributed by atoms with van der Waals surface area (Å²) in [7, 11) is 0. The Kier molecular flexibility index (Phi) is 6.94. The molecule has 0 fully saturated rings. The molecule has 0 radical (unpaired) electrons. The highest BCUT2D eigenvalue weighted by Crippen LogP contribution is 2.23. The van der Waals surface area contributed by atoms with Crippen LogP contribution in [0.1, 0.15) is 20.8 Å². The summed E-state index contributed by atoms with van der Waals surface area (Å²) >= 11 is 4.66. The Bertz CT molecular complexity index is 1060. The number of aromatic hydroxyl groups is 1. The number of nitrogens with one attached hydrogen (secondary N) is 2. The van der Waals surface area contributed by atoms with Crippen molar-refractivity contribution in [2.75, 3.05) is 0 Å². The molecule has 1 aromatic heterocycles. The number of hydrazone groups is 1. The number of hydrogen-bond donors (Lipinski definition) is 3. The fraction of sp³-hybridized carbons (Fsp3) is 0. The number of benzene rings is 2. The van der Waals surface area contributed by atoms with Crippen LogP contribution in [-0.2, 0) is 4.79 Å². The van der Waals surface area contributed by atoms with Crippen molar-refractivity contribution < 1.29 is 14.7 Å². The van der Waals surface area contributed by atoms with Crippen molar-refractivity contribution in [3.8, 4) is 5.75 Å². The maximum Gasteiger partial charge on any atom is 0.287 e. The summed E-state index contributed by atoms with van der Waals surface area (Å²) in [4.78, 5) is 25.9. The van der Waals surface area contributed by atoms with Crippen LogP contribution < -0.4 is 10.7 Å². The zero-order chi connectivity index (χ0) is 20.6. The maximum atomic E-state index is 12.6. The van der Waals surface area contributed by atoms with Crippen molar-refractivity contribution in [1.29, 1.82) is 0 Å². The third kappa shape index (κ3) is 5.87. The molecule has 1 heterocycles. The lowest BCUT2D eigenvalue weighted by Gasteiger charge is -2.08. The quantitative estimate of drug-likeness (QED) is 0.287. The molecule has 0 aliphatic rings. The number of hydrogen-bond acceptors (Lipinski definition) is 5. The Morgan fingerprint density at radius 3 is 2.55 bits per heavy atom. The highest BCUT2D eigenvalue weighted by atomic mass is 79.9. The minimum absolute atomic E-state index is 0.0744. The summed E-state index contributed by atoms with van der Waals surface area (Å²) in [5.41, 5.74) is 3.60. The SMILES string of the molecule is O=C(NN=Cc1ccc(O)c(Br)c1)C(=Cc1cccs1)NC(=O)c1ccccc1. The van der Waals surface area contributed by atoms with Gasteiger partial charge < -0.3 is 10.4 Å². The highest BCUT2D eigenvalue weighted by Gasteiger charge is 2.14. The number of rotatable bonds is 6. The van der Waals surface area contributed by atoms with Gasteiger partial charge in [0.25, 0.3) is 11.8 Å². The molecule has 0 saturated carbocycles. The zero-order valence-corrected chi connectivity index (χ0v) is 17.4. The molecule has 0 atom stereocenters. The average molecular weight is 470 g/mol. The molecule has 146 valence electrons. The van der Waals surface area contributed by atoms with Gasteiger partial charge in [0.15, 0.2) is 0 Å². The van der Waals surface area contributed by atoms with Crippen molar-refractivity contribution in [3.05, 3.63) is 92.2 Å². The molecule has 3 aromatic rings. The van der Waals surface area contributed by atoms with E-state index in [-0.39, 0.29) is 11.4 Å². The zero-order valence-electron chi connectivity index (χ0n) is 15.0. The number of nitrogens with zero attached hydrogens (tertiary/aromatic N) is 1. The third-order valence-electron chi connectivity index (χ3n) is 3.71. The molecule has 0 spiro atoms. The summed E-state index contributed by atoms with van der Waals surface area (Å²) in [6.45, 7) is 0. The summed E-state index contributed by atoms with van der Waals surface area (Å²) in [6, 6.07) is 17.1. The van der Waals surface area contributed by atoms with E-state index < -0.39 is 11.8 Å². The Balaban J connectivity index is 1.74. The molecule has 0 bridgehead atoms. The van der Waals surface area contributed by atoms with E-state index in [4.69, 9.17) is 0 Å². The lowest BCUT2D eigenvalue weighted by molar-refractivity contribution is -0.117. The first-order valence-electron chi connectivity index (χ1n) is 8.46. The van der Waals surface area contributed by atoms with Crippen LogP contribution in [0.25, 0.3) is 6.08 Å². The van der Waals surface area contributed by atoms with Crippen LogP contribution >= 0.6 is 27.3 Å². The maximum absolute atomic E-state index is 12.6. The number of amides is 2. The van der Waals surface area contributed by atoms with Gasteiger partial charge in [-0.05, 0) is 69.3 Å². The number of thiophene rings is 1. The lowest BCUT2D eigenvalue weighted by atomic mass is 10.2. The molecule has 0 saturated heterocycles. The summed E-state index contributed by atoms with van der Waals surface area (Å²) in [5, 5.41) is 18.0. The molecule has 3 N–H and O–H groups in total. The molecule has 0 aliphatic heterocycles. The first-order valence-corrected chi connectivity index (χ1v) is 10.1. The Morgan fingerprint density at radius 1 is 1.07 bits per heavy atom. The fourth-order valence-electron chi connectivity index (χ4n) is 2.29. The van der Waals surface area contributed by atoms with Gasteiger partial charge in [0.05, 0.1) is 10.7 Å². The van der Waals surface area contributed by atoms with Crippen LogP contribution in [-0.4, -0.2) is 23.1 Å². The van der Waals surface area contributed by atoms with E-state index in [0.29, 0.717) is 15.6 Å². The number of carbonyl (C=O) groups excluding carboxylic acids is 2. The van der Waals surface area contributed by atoms with Crippen LogP contribution in [0.15, 0.2) is 81.3 Å². The van der Waals surface area contributed by atoms with Gasteiger partial charge >= 0.3 is 0 Å². The van der Waals surface area contributed by atoms with Crippen molar-refractivity contribution >= 4 is 51.4 Å². The average Bonchev–Trinajstić information content (AvgIpc) is 3.24. The summed E-state index contributed by atoms with van der Waals surface area (Å²) < 4.78 is 0.515. The molecule has 29 heavy (non-hydrogen) atoms. The molecule has 0 unspecified atom stereocenters. The third-order valence-corrected chi connectivity index (χ3v) is 5.16. The summed E-state index contributed by atoms with van der Waals surface area (Å²) in [5.74, 6) is -0.845. The van der Waals surface area contributed by atoms with Crippen molar-refractivity contribution in [3.63, 3.8) is 0 Å². The normalized spacial score (nSPS) is 11.4. The van der Waals surface area contributed by atoms with Crippen LogP contribution in [0.4, 0.5) is 0 Å². The van der Waals surface area contributed by atoms with E-state index in [2.05, 4.69) is 31.8 Å². The molecule has 6 nitrogen and oxygen atoms in total. The minimum Gasteiger partial charge on any atom is -0.507 e. The molecule has 2 aromatic carbocycles. The minimum atomic E-state index is -0.559. The first kappa shape index (κ1) is 20.5. The van der Waals surface area contributed by atoms with E-state index in [0.717, 1.165) is 4.88 Å². The van der Waals surface area contributed by atoms with Gasteiger partial charge in [-0.2, -0.15) is 5.10 Å². The smallest absolute Gasteiger partial charge is 0.287 e. The fourth-order valence-corrected chi connectivity index (χ4v) is 3.34. The first-order chi connectivity index (χ1) is 14.0. The number of phenolic OH excluding ortho intramolecular Hbond substituents is 1. The number of carbonyl (C=O) groups is 2. The Morgan fingerprint density at radius 2 is 1.86 bits per heavy atom. The van der Waals surface area contributed by atoms with Gasteiger partial charge in [0, 0.05) is 10.4 Å². The van der Waals surface area contributed by atoms with Crippen molar-refractivity contribution in [2.24, 2.45) is 5.10 Å².